The van der Waals surface area contributed by atoms with Crippen LogP contribution in [0, 0.1) is 0 Å². The van der Waals surface area contributed by atoms with Gasteiger partial charge in [-0.2, -0.15) is 0 Å². The summed E-state index contributed by atoms with van der Waals surface area (Å²) >= 11 is 0. The van der Waals surface area contributed by atoms with Gasteiger partial charge in [0.1, 0.15) is 5.52 Å². The molecule has 1 N–H and O–H groups in total. The van der Waals surface area contributed by atoms with Crippen LogP contribution in [0.1, 0.15) is 19.8 Å². The maximum Gasteiger partial charge on any atom is 0.347 e. The number of benzene rings is 1. The summed E-state index contributed by atoms with van der Waals surface area (Å²) < 4.78 is 2.02. The molecule has 0 bridgehead atoms. The van der Waals surface area contributed by atoms with Gasteiger partial charge in [-0.3, -0.25) is 4.98 Å². The third kappa shape index (κ3) is 2.46. The lowest BCUT2D eigenvalue weighted by Crippen LogP contribution is -2.23. The lowest BCUT2D eigenvalue weighted by molar-refractivity contribution is -0.151. The quantitative estimate of drug-likeness (QED) is 0.568. The van der Waals surface area contributed by atoms with E-state index in [2.05, 4.69) is 10.1 Å². The summed E-state index contributed by atoms with van der Waals surface area (Å²) in [5.41, 5.74) is 2.57. The number of carboxylic acid groups (broad SMARTS) is 1. The number of aliphatic carboxylic acids is 1. The van der Waals surface area contributed by atoms with Crippen molar-refractivity contribution in [1.82, 2.24) is 9.38 Å². The molecule has 0 saturated carbocycles. The summed E-state index contributed by atoms with van der Waals surface area (Å²) in [6, 6.07) is 11.9. The summed E-state index contributed by atoms with van der Waals surface area (Å²) in [7, 11) is 0. The summed E-state index contributed by atoms with van der Waals surface area (Å²) in [6.07, 6.45) is 3.83. The molecule has 6 nitrogen and oxygen atoms in total. The Labute approximate surface area is 143 Å². The SMILES string of the molecule is CCCC(O/N=c1/c2nccc3cccc(c32)n2cccc12)C(=O)O. The molecule has 1 aromatic carbocycles. The minimum absolute atomic E-state index is 0.404. The van der Waals surface area contributed by atoms with Crippen LogP contribution in [-0.2, 0) is 9.63 Å². The number of rotatable bonds is 5. The largest absolute Gasteiger partial charge is 0.478 e. The lowest BCUT2D eigenvalue weighted by atomic mass is 10.1. The second-order valence-corrected chi connectivity index (χ2v) is 5.96. The highest BCUT2D eigenvalue weighted by molar-refractivity contribution is 6.08. The third-order valence-corrected chi connectivity index (χ3v) is 4.34. The topological polar surface area (TPSA) is 76.2 Å². The normalized spacial score (nSPS) is 13.7. The molecule has 4 rings (SSSR count). The minimum Gasteiger partial charge on any atom is -0.478 e. The first-order valence-electron chi connectivity index (χ1n) is 8.23. The molecular weight excluding hydrogens is 318 g/mol. The second kappa shape index (κ2) is 6.05. The van der Waals surface area contributed by atoms with Crippen molar-refractivity contribution < 1.29 is 14.7 Å². The zero-order chi connectivity index (χ0) is 17.4. The van der Waals surface area contributed by atoms with E-state index in [1.807, 2.05) is 53.9 Å². The number of carboxylic acids is 1. The van der Waals surface area contributed by atoms with Crippen LogP contribution >= 0.6 is 0 Å². The number of aromatic nitrogens is 2. The Morgan fingerprint density at radius 3 is 2.92 bits per heavy atom. The van der Waals surface area contributed by atoms with E-state index < -0.39 is 12.1 Å². The first kappa shape index (κ1) is 15.4. The standard InChI is InChI=1S/C19H17N3O3/c1-2-5-15(19(23)24)25-21-17-14-8-4-11-22(14)13-7-3-6-12-9-10-20-18(17)16(12)13/h3-4,6-11,15H,2,5H2,1H3,(H,23,24)/b21-17+. The van der Waals surface area contributed by atoms with Gasteiger partial charge < -0.3 is 14.3 Å². The average Bonchev–Trinajstić information content (AvgIpc) is 3.10. The van der Waals surface area contributed by atoms with Gasteiger partial charge in [0.25, 0.3) is 0 Å². The number of fused-ring (bicyclic) bond motifs is 2. The molecule has 0 amide bonds. The van der Waals surface area contributed by atoms with Crippen LogP contribution in [0.2, 0.25) is 0 Å². The Bertz CT molecular complexity index is 1130. The summed E-state index contributed by atoms with van der Waals surface area (Å²) in [4.78, 5) is 21.2. The highest BCUT2D eigenvalue weighted by atomic mass is 16.6. The molecule has 0 aliphatic rings. The number of nitrogens with zero attached hydrogens (tertiary/aromatic N) is 3. The van der Waals surface area contributed by atoms with Crippen molar-refractivity contribution in [2.75, 3.05) is 0 Å². The summed E-state index contributed by atoms with van der Waals surface area (Å²) in [5, 5.41) is 16.1. The molecule has 3 aromatic heterocycles. The first-order valence-corrected chi connectivity index (χ1v) is 8.23. The van der Waals surface area contributed by atoms with E-state index in [1.54, 1.807) is 6.20 Å². The van der Waals surface area contributed by atoms with Gasteiger partial charge in [-0.05, 0) is 36.1 Å². The van der Waals surface area contributed by atoms with Crippen LogP contribution in [-0.4, -0.2) is 26.6 Å². The summed E-state index contributed by atoms with van der Waals surface area (Å²) in [5.74, 6) is -1.01. The number of pyridine rings is 2. The van der Waals surface area contributed by atoms with Crippen LogP contribution in [0.25, 0.3) is 27.3 Å². The molecule has 126 valence electrons. The van der Waals surface area contributed by atoms with Crippen molar-refractivity contribution in [3.05, 3.63) is 54.1 Å². The molecule has 0 aliphatic carbocycles. The Hall–Kier alpha value is -3.15. The van der Waals surface area contributed by atoms with Gasteiger partial charge >= 0.3 is 5.97 Å². The molecule has 4 aromatic rings. The predicted molar refractivity (Wildman–Crippen MR) is 94.4 cm³/mol. The molecule has 0 aliphatic heterocycles. The molecular formula is C19H17N3O3. The molecule has 0 saturated heterocycles. The van der Waals surface area contributed by atoms with Crippen molar-refractivity contribution in [1.29, 1.82) is 0 Å². The van der Waals surface area contributed by atoms with Crippen LogP contribution in [0.3, 0.4) is 0 Å². The Morgan fingerprint density at radius 1 is 1.28 bits per heavy atom. The predicted octanol–water partition coefficient (Wildman–Crippen LogP) is 3.16. The molecule has 3 heterocycles. The molecule has 0 radical (unpaired) electrons. The van der Waals surface area contributed by atoms with E-state index in [4.69, 9.17) is 4.84 Å². The second-order valence-electron chi connectivity index (χ2n) is 5.96. The lowest BCUT2D eigenvalue weighted by Gasteiger charge is -2.11. The molecule has 6 heteroatoms. The first-order chi connectivity index (χ1) is 12.2. The zero-order valence-corrected chi connectivity index (χ0v) is 13.7. The van der Waals surface area contributed by atoms with E-state index in [1.165, 1.54) is 0 Å². The smallest absolute Gasteiger partial charge is 0.347 e. The van der Waals surface area contributed by atoms with Crippen LogP contribution in [0.4, 0.5) is 0 Å². The third-order valence-electron chi connectivity index (χ3n) is 4.34. The molecule has 1 atom stereocenters. The zero-order valence-electron chi connectivity index (χ0n) is 13.7. The number of hydrogen-bond acceptors (Lipinski definition) is 4. The van der Waals surface area contributed by atoms with Gasteiger partial charge in [-0.15, -0.1) is 0 Å². The van der Waals surface area contributed by atoms with Gasteiger partial charge in [0.05, 0.1) is 11.0 Å². The van der Waals surface area contributed by atoms with E-state index in [0.717, 1.165) is 21.8 Å². The highest BCUT2D eigenvalue weighted by Crippen LogP contribution is 2.24. The van der Waals surface area contributed by atoms with E-state index in [0.29, 0.717) is 23.7 Å². The van der Waals surface area contributed by atoms with Crippen molar-refractivity contribution in [2.24, 2.45) is 5.16 Å². The maximum absolute atomic E-state index is 11.3. The Balaban J connectivity index is 2.02. The molecule has 1 unspecified atom stereocenters. The summed E-state index contributed by atoms with van der Waals surface area (Å²) in [6.45, 7) is 1.91. The van der Waals surface area contributed by atoms with Crippen molar-refractivity contribution in [3.8, 4) is 0 Å². The van der Waals surface area contributed by atoms with E-state index >= 15 is 0 Å². The van der Waals surface area contributed by atoms with Crippen molar-refractivity contribution >= 4 is 33.3 Å². The maximum atomic E-state index is 11.3. The van der Waals surface area contributed by atoms with Gasteiger partial charge in [0.2, 0.25) is 6.10 Å². The van der Waals surface area contributed by atoms with Crippen molar-refractivity contribution in [2.45, 2.75) is 25.9 Å². The van der Waals surface area contributed by atoms with Gasteiger partial charge in [0, 0.05) is 17.8 Å². The fourth-order valence-electron chi connectivity index (χ4n) is 3.19. The monoisotopic (exact) mass is 335 g/mol. The number of carbonyl (C=O) groups is 1. The van der Waals surface area contributed by atoms with Gasteiger partial charge in [0.15, 0.2) is 5.36 Å². The molecule has 25 heavy (non-hydrogen) atoms. The van der Waals surface area contributed by atoms with E-state index in [-0.39, 0.29) is 0 Å². The van der Waals surface area contributed by atoms with E-state index in [9.17, 15) is 9.90 Å². The van der Waals surface area contributed by atoms with Crippen LogP contribution in [0.15, 0.2) is 53.9 Å². The van der Waals surface area contributed by atoms with Gasteiger partial charge in [-0.1, -0.05) is 30.6 Å². The van der Waals surface area contributed by atoms with Crippen LogP contribution in [0.5, 0.6) is 0 Å². The Morgan fingerprint density at radius 2 is 2.12 bits per heavy atom. The fraction of sp³-hybridized carbons (Fsp3) is 0.211. The Kier molecular flexibility index (Phi) is 3.72. The highest BCUT2D eigenvalue weighted by Gasteiger charge is 2.18. The minimum atomic E-state index is -1.01. The fourth-order valence-corrected chi connectivity index (χ4v) is 3.19. The van der Waals surface area contributed by atoms with Crippen molar-refractivity contribution in [3.63, 3.8) is 0 Å². The average molecular weight is 335 g/mol. The molecule has 0 fully saturated rings. The number of hydrogen-bond donors (Lipinski definition) is 1. The van der Waals surface area contributed by atoms with Gasteiger partial charge in [-0.25, -0.2) is 4.79 Å². The van der Waals surface area contributed by atoms with Crippen LogP contribution < -0.4 is 5.36 Å². The molecule has 0 spiro atoms.